The van der Waals surface area contributed by atoms with E-state index in [4.69, 9.17) is 11.6 Å². The highest BCUT2D eigenvalue weighted by molar-refractivity contribution is 6.31. The number of aliphatic carboxylic acids is 1. The molecule has 5 heteroatoms. The Morgan fingerprint density at radius 1 is 1.03 bits per heavy atom. The van der Waals surface area contributed by atoms with Crippen molar-refractivity contribution >= 4 is 17.6 Å². The number of carboxylic acids is 1. The minimum Gasteiger partial charge on any atom is -0.550 e. The molecule has 0 spiro atoms. The van der Waals surface area contributed by atoms with Crippen molar-refractivity contribution in [3.63, 3.8) is 0 Å². The number of hydrogen-bond donors (Lipinski definition) is 1. The van der Waals surface area contributed by atoms with E-state index in [-0.39, 0.29) is 18.2 Å². The van der Waals surface area contributed by atoms with Crippen LogP contribution in [0.5, 0.6) is 0 Å². The second kappa shape index (κ2) is 17.6. The first-order valence-corrected chi connectivity index (χ1v) is 12.3. The van der Waals surface area contributed by atoms with Gasteiger partial charge in [0.25, 0.3) is 0 Å². The molecule has 0 heterocycles. The molecular weight excluding hydrogens is 425 g/mol. The fourth-order valence-electron chi connectivity index (χ4n) is 3.69. The number of carbonyl (C=O) groups is 1. The van der Waals surface area contributed by atoms with Crippen molar-refractivity contribution in [2.75, 3.05) is 13.6 Å². The third kappa shape index (κ3) is 12.8. The van der Waals surface area contributed by atoms with E-state index < -0.39 is 5.97 Å². The normalized spacial score (nSPS) is 11.5. The van der Waals surface area contributed by atoms with E-state index >= 15 is 0 Å². The largest absolute Gasteiger partial charge is 0.550 e. The minimum atomic E-state index is -0.913. The quantitative estimate of drug-likeness (QED) is 0.388. The summed E-state index contributed by atoms with van der Waals surface area (Å²) >= 11 is 6.26. The summed E-state index contributed by atoms with van der Waals surface area (Å²) in [6, 6.07) is 14.9. The summed E-state index contributed by atoms with van der Waals surface area (Å²) in [5, 5.41) is 12.8. The van der Waals surface area contributed by atoms with Gasteiger partial charge in [0.15, 0.2) is 0 Å². The van der Waals surface area contributed by atoms with Crippen molar-refractivity contribution in [3.8, 4) is 0 Å². The number of quaternary nitrogens is 1. The zero-order valence-corrected chi connectivity index (χ0v) is 20.4. The number of hydrogen-bond acceptors (Lipinski definition) is 2. The summed E-state index contributed by atoms with van der Waals surface area (Å²) in [4.78, 5) is 10.0. The molecule has 1 unspecified atom stereocenters. The number of carboxylic acid groups (broad SMARTS) is 1. The summed E-state index contributed by atoms with van der Waals surface area (Å²) in [7, 11) is 2.05. The highest BCUT2D eigenvalue weighted by Crippen LogP contribution is 2.30. The van der Waals surface area contributed by atoms with Crippen LogP contribution in [0.15, 0.2) is 48.5 Å². The maximum absolute atomic E-state index is 13.5. The average Bonchev–Trinajstić information content (AvgIpc) is 2.78. The fraction of sp³-hybridized carbons (Fsp3) is 0.519. The highest BCUT2D eigenvalue weighted by atomic mass is 35.5. The van der Waals surface area contributed by atoms with Gasteiger partial charge in [-0.2, -0.15) is 0 Å². The number of nitrogens with two attached hydrogens (primary N) is 1. The van der Waals surface area contributed by atoms with Crippen LogP contribution in [0.25, 0.3) is 0 Å². The molecule has 32 heavy (non-hydrogen) atoms. The van der Waals surface area contributed by atoms with Gasteiger partial charge in [-0.25, -0.2) is 4.39 Å². The van der Waals surface area contributed by atoms with Gasteiger partial charge in [-0.05, 0) is 54.5 Å². The average molecular weight is 464 g/mol. The third-order valence-corrected chi connectivity index (χ3v) is 5.86. The fourth-order valence-corrected chi connectivity index (χ4v) is 3.96. The Kier molecular flexibility index (Phi) is 15.5. The molecule has 2 aromatic carbocycles. The van der Waals surface area contributed by atoms with Gasteiger partial charge in [0.05, 0.1) is 13.6 Å². The lowest BCUT2D eigenvalue weighted by Crippen LogP contribution is -2.79. The molecule has 0 aliphatic heterocycles. The third-order valence-electron chi connectivity index (χ3n) is 5.51. The van der Waals surface area contributed by atoms with Crippen molar-refractivity contribution in [2.24, 2.45) is 0 Å². The first kappa shape index (κ1) is 28.1. The Morgan fingerprint density at radius 2 is 1.69 bits per heavy atom. The summed E-state index contributed by atoms with van der Waals surface area (Å²) in [5.74, 6) is -0.886. The molecule has 0 saturated carbocycles. The van der Waals surface area contributed by atoms with E-state index in [0.717, 1.165) is 37.8 Å². The van der Waals surface area contributed by atoms with Crippen LogP contribution in [-0.4, -0.2) is 19.6 Å². The van der Waals surface area contributed by atoms with Crippen molar-refractivity contribution in [3.05, 3.63) is 70.5 Å². The molecule has 0 saturated heterocycles. The van der Waals surface area contributed by atoms with E-state index in [0.29, 0.717) is 5.02 Å². The number of benzene rings is 2. The van der Waals surface area contributed by atoms with Crippen LogP contribution in [0.2, 0.25) is 5.02 Å². The van der Waals surface area contributed by atoms with E-state index in [1.165, 1.54) is 43.7 Å². The van der Waals surface area contributed by atoms with Gasteiger partial charge in [-0.1, -0.05) is 87.4 Å². The molecule has 0 aliphatic rings. The second-order valence-corrected chi connectivity index (χ2v) is 8.69. The van der Waals surface area contributed by atoms with Crippen LogP contribution >= 0.6 is 11.6 Å². The van der Waals surface area contributed by atoms with Gasteiger partial charge in [-0.3, -0.25) is 0 Å². The van der Waals surface area contributed by atoms with Gasteiger partial charge in [0.1, 0.15) is 5.82 Å². The SMILES string of the molecule is CCCCCCCCCC(=O)[O-].C[NH2+]CCC(Cc1ccccc1)c1cc(F)ccc1Cl. The monoisotopic (exact) mass is 463 g/mol. The maximum Gasteiger partial charge on any atom is 0.123 e. The molecule has 0 aliphatic carbocycles. The Labute approximate surface area is 198 Å². The molecule has 1 atom stereocenters. The summed E-state index contributed by atoms with van der Waals surface area (Å²) < 4.78 is 13.5. The zero-order chi connectivity index (χ0) is 23.6. The Morgan fingerprint density at radius 3 is 2.31 bits per heavy atom. The minimum absolute atomic E-state index is 0.220. The van der Waals surface area contributed by atoms with Crippen LogP contribution in [0, 0.1) is 5.82 Å². The first-order chi connectivity index (χ1) is 15.5. The number of carbonyl (C=O) groups excluding carboxylic acids is 1. The van der Waals surface area contributed by atoms with Crippen molar-refractivity contribution in [1.82, 2.24) is 0 Å². The van der Waals surface area contributed by atoms with E-state index in [2.05, 4.69) is 24.4 Å². The van der Waals surface area contributed by atoms with Crippen molar-refractivity contribution < 1.29 is 19.6 Å². The summed E-state index contributed by atoms with van der Waals surface area (Å²) in [5.41, 5.74) is 2.17. The number of rotatable bonds is 14. The first-order valence-electron chi connectivity index (χ1n) is 11.9. The Balaban J connectivity index is 0.000000368. The Bertz CT molecular complexity index is 755. The van der Waals surface area contributed by atoms with Crippen LogP contribution in [0.3, 0.4) is 0 Å². The topological polar surface area (TPSA) is 56.7 Å². The maximum atomic E-state index is 13.5. The molecule has 2 rings (SSSR count). The summed E-state index contributed by atoms with van der Waals surface area (Å²) in [6.45, 7) is 3.19. The lowest BCUT2D eigenvalue weighted by Gasteiger charge is -2.18. The lowest BCUT2D eigenvalue weighted by molar-refractivity contribution is -0.627. The van der Waals surface area contributed by atoms with Crippen LogP contribution in [0.4, 0.5) is 4.39 Å². The van der Waals surface area contributed by atoms with Gasteiger partial charge in [-0.15, -0.1) is 0 Å². The number of halogens is 2. The zero-order valence-electron chi connectivity index (χ0n) is 19.6. The molecule has 0 radical (unpaired) electrons. The standard InChI is InChI=1S/C17H19ClFN.C10H20O2/c1-20-10-9-14(11-13-5-3-2-4-6-13)16-12-15(19)7-8-17(16)18;1-2-3-4-5-6-7-8-9-10(11)12/h2-8,12,14,20H,9-11H2,1H3;2-9H2,1H3,(H,11,12). The molecule has 0 amide bonds. The number of unbranched alkanes of at least 4 members (excludes halogenated alkanes) is 6. The predicted octanol–water partition coefficient (Wildman–Crippen LogP) is 5.27. The Hall–Kier alpha value is -1.91. The molecule has 0 aromatic heterocycles. The van der Waals surface area contributed by atoms with Gasteiger partial charge < -0.3 is 15.2 Å². The van der Waals surface area contributed by atoms with Crippen LogP contribution in [-0.2, 0) is 11.2 Å². The van der Waals surface area contributed by atoms with Crippen LogP contribution in [0.1, 0.15) is 81.8 Å². The van der Waals surface area contributed by atoms with Gasteiger partial charge >= 0.3 is 0 Å². The molecule has 3 nitrogen and oxygen atoms in total. The second-order valence-electron chi connectivity index (χ2n) is 8.28. The molecule has 2 aromatic rings. The molecule has 178 valence electrons. The lowest BCUT2D eigenvalue weighted by atomic mass is 9.89. The van der Waals surface area contributed by atoms with E-state index in [1.807, 2.05) is 25.2 Å². The van der Waals surface area contributed by atoms with Crippen molar-refractivity contribution in [1.29, 1.82) is 0 Å². The van der Waals surface area contributed by atoms with Gasteiger partial charge in [0, 0.05) is 17.4 Å². The van der Waals surface area contributed by atoms with Gasteiger partial charge in [0.2, 0.25) is 0 Å². The molecular formula is C27H39ClFNO2. The predicted molar refractivity (Wildman–Crippen MR) is 129 cm³/mol. The molecule has 2 N–H and O–H groups in total. The smallest absolute Gasteiger partial charge is 0.123 e. The highest BCUT2D eigenvalue weighted by Gasteiger charge is 2.17. The van der Waals surface area contributed by atoms with Crippen molar-refractivity contribution in [2.45, 2.75) is 77.0 Å². The summed E-state index contributed by atoms with van der Waals surface area (Å²) in [6.07, 6.45) is 10.2. The van der Waals surface area contributed by atoms with E-state index in [1.54, 1.807) is 12.1 Å². The molecule has 0 fully saturated rings. The van der Waals surface area contributed by atoms with E-state index in [9.17, 15) is 14.3 Å². The van der Waals surface area contributed by atoms with Crippen LogP contribution < -0.4 is 10.4 Å². The molecule has 0 bridgehead atoms.